The van der Waals surface area contributed by atoms with Gasteiger partial charge in [0.25, 0.3) is 0 Å². The van der Waals surface area contributed by atoms with Crippen LogP contribution in [-0.4, -0.2) is 161 Å². The monoisotopic (exact) mass is 751 g/mol. The van der Waals surface area contributed by atoms with E-state index in [1.807, 2.05) is 9.80 Å². The lowest BCUT2D eigenvalue weighted by Crippen LogP contribution is -2.49. The van der Waals surface area contributed by atoms with Crippen LogP contribution >= 0.6 is 0 Å². The molecule has 0 aliphatic heterocycles. The van der Waals surface area contributed by atoms with Crippen LogP contribution in [0.3, 0.4) is 0 Å². The predicted octanol–water partition coefficient (Wildman–Crippen LogP) is 3.05. The Hall–Kier alpha value is -2.36. The second-order valence-electron chi connectivity index (χ2n) is 14.9. The SMILES string of the molecule is BC(=O)CCOCCOCCOCCNC(CCC(C(=O)C1CCC1)N(CCC)CCN(CCN(CCC(C)CC)CC(=O)O)CC(=O)O)=C1CCC1. The molecule has 0 aromatic rings. The van der Waals surface area contributed by atoms with Crippen molar-refractivity contribution in [2.75, 3.05) is 98.5 Å². The van der Waals surface area contributed by atoms with E-state index >= 15 is 0 Å². The van der Waals surface area contributed by atoms with Crippen molar-refractivity contribution in [1.29, 1.82) is 0 Å². The molecule has 53 heavy (non-hydrogen) atoms. The second kappa shape index (κ2) is 28.1. The van der Waals surface area contributed by atoms with Gasteiger partial charge in [0.2, 0.25) is 0 Å². The molecular weight excluding hydrogens is 679 g/mol. The zero-order valence-corrected chi connectivity index (χ0v) is 33.4. The Labute approximate surface area is 319 Å². The van der Waals surface area contributed by atoms with Crippen LogP contribution in [0, 0.1) is 11.8 Å². The third-order valence-electron chi connectivity index (χ3n) is 10.6. The first-order valence-electron chi connectivity index (χ1n) is 20.4. The van der Waals surface area contributed by atoms with Crippen LogP contribution in [0.1, 0.15) is 97.8 Å². The molecule has 2 aliphatic carbocycles. The number of allylic oxidation sites excluding steroid dienone is 2. The molecule has 2 atom stereocenters. The summed E-state index contributed by atoms with van der Waals surface area (Å²) in [5.74, 6) is -0.886. The van der Waals surface area contributed by atoms with Crippen LogP contribution in [0.25, 0.3) is 0 Å². The average molecular weight is 751 g/mol. The van der Waals surface area contributed by atoms with Crippen molar-refractivity contribution in [3.8, 4) is 0 Å². The number of nitrogens with one attached hydrogen (secondary N) is 1. The van der Waals surface area contributed by atoms with Gasteiger partial charge in [-0.1, -0.05) is 39.2 Å². The minimum Gasteiger partial charge on any atom is -0.480 e. The van der Waals surface area contributed by atoms with Gasteiger partial charge in [-0.05, 0) is 76.8 Å². The largest absolute Gasteiger partial charge is 0.480 e. The molecule has 0 bridgehead atoms. The highest BCUT2D eigenvalue weighted by atomic mass is 16.5. The fraction of sp³-hybridized carbons (Fsp3) is 0.846. The maximum Gasteiger partial charge on any atom is 0.317 e. The maximum absolute atomic E-state index is 14.0. The molecule has 2 fully saturated rings. The number of aliphatic carboxylic acids is 2. The van der Waals surface area contributed by atoms with Gasteiger partial charge in [0.05, 0.1) is 64.5 Å². The number of carboxylic acid groups (broad SMARTS) is 2. The number of hydrogen-bond donors (Lipinski definition) is 3. The number of rotatable bonds is 35. The van der Waals surface area contributed by atoms with Crippen molar-refractivity contribution in [3.63, 3.8) is 0 Å². The van der Waals surface area contributed by atoms with Gasteiger partial charge in [-0.25, -0.2) is 0 Å². The van der Waals surface area contributed by atoms with Crippen molar-refractivity contribution >= 4 is 31.3 Å². The molecule has 0 saturated heterocycles. The van der Waals surface area contributed by atoms with Crippen LogP contribution < -0.4 is 5.32 Å². The molecule has 3 N–H and O–H groups in total. The van der Waals surface area contributed by atoms with Crippen LogP contribution in [-0.2, 0) is 33.4 Å². The van der Waals surface area contributed by atoms with Crippen LogP contribution in [0.2, 0.25) is 0 Å². The minimum atomic E-state index is -0.912. The Morgan fingerprint density at radius 3 is 1.87 bits per heavy atom. The smallest absolute Gasteiger partial charge is 0.317 e. The van der Waals surface area contributed by atoms with Gasteiger partial charge in [-0.2, -0.15) is 0 Å². The zero-order valence-electron chi connectivity index (χ0n) is 33.4. The lowest BCUT2D eigenvalue weighted by molar-refractivity contribution is -0.140. The summed E-state index contributed by atoms with van der Waals surface area (Å²) >= 11 is 0. The van der Waals surface area contributed by atoms with E-state index in [4.69, 9.17) is 14.2 Å². The van der Waals surface area contributed by atoms with E-state index in [-0.39, 0.29) is 30.7 Å². The zero-order chi connectivity index (χ0) is 38.8. The Kier molecular flexibility index (Phi) is 24.8. The van der Waals surface area contributed by atoms with E-state index in [1.54, 1.807) is 7.85 Å². The summed E-state index contributed by atoms with van der Waals surface area (Å²) in [6, 6.07) is -0.233. The van der Waals surface area contributed by atoms with Crippen LogP contribution in [0.4, 0.5) is 0 Å². The number of carbonyl (C=O) groups is 4. The molecule has 13 nitrogen and oxygen atoms in total. The molecule has 2 aliphatic rings. The molecule has 0 aromatic carbocycles. The summed E-state index contributed by atoms with van der Waals surface area (Å²) in [6.45, 7) is 13.2. The predicted molar refractivity (Wildman–Crippen MR) is 209 cm³/mol. The molecule has 2 saturated carbocycles. The topological polar surface area (TPSA) is 158 Å². The van der Waals surface area contributed by atoms with Crippen molar-refractivity contribution < 1.29 is 43.6 Å². The number of hydrogen-bond acceptors (Lipinski definition) is 11. The van der Waals surface area contributed by atoms with Crippen molar-refractivity contribution in [2.24, 2.45) is 11.8 Å². The first kappa shape index (κ1) is 46.8. The minimum absolute atomic E-state index is 0.0652. The quantitative estimate of drug-likeness (QED) is 0.0642. The number of ether oxygens (including phenoxy) is 3. The lowest BCUT2D eigenvalue weighted by atomic mass is 9.78. The molecular formula is C39H71BN4O9. The van der Waals surface area contributed by atoms with Crippen LogP contribution in [0.5, 0.6) is 0 Å². The van der Waals surface area contributed by atoms with Gasteiger partial charge in [0.15, 0.2) is 13.6 Å². The van der Waals surface area contributed by atoms with E-state index < -0.39 is 11.9 Å². The highest BCUT2D eigenvalue weighted by Gasteiger charge is 2.34. The van der Waals surface area contributed by atoms with E-state index in [1.165, 1.54) is 17.7 Å². The Bertz CT molecular complexity index is 1100. The molecule has 2 unspecified atom stereocenters. The summed E-state index contributed by atoms with van der Waals surface area (Å²) in [4.78, 5) is 54.5. The van der Waals surface area contributed by atoms with E-state index in [9.17, 15) is 29.4 Å². The first-order valence-corrected chi connectivity index (χ1v) is 20.4. The third kappa shape index (κ3) is 20.8. The van der Waals surface area contributed by atoms with Gasteiger partial charge >= 0.3 is 11.9 Å². The summed E-state index contributed by atoms with van der Waals surface area (Å²) in [6.07, 6.45) is 11.0. The average Bonchev–Trinajstić information content (AvgIpc) is 3.05. The number of carbonyl (C=O) groups excluding carboxylic acids is 2. The summed E-state index contributed by atoms with van der Waals surface area (Å²) in [7, 11) is 1.55. The highest BCUT2D eigenvalue weighted by molar-refractivity contribution is 6.57. The van der Waals surface area contributed by atoms with Crippen molar-refractivity contribution in [3.05, 3.63) is 11.3 Å². The maximum atomic E-state index is 14.0. The van der Waals surface area contributed by atoms with Crippen molar-refractivity contribution in [2.45, 2.75) is 104 Å². The highest BCUT2D eigenvalue weighted by Crippen LogP contribution is 2.33. The van der Waals surface area contributed by atoms with Gasteiger partial charge in [-0.15, -0.1) is 0 Å². The molecule has 0 spiro atoms. The standard InChI is InChI=1S/C39H71BN4O9/c1-4-17-44(22-21-43(30-38(48)49)20-19-42(29-37(46)47)18-14-31(3)5-2)35(39(50)33-10-7-11-33)13-12-34(32-8-6-9-32)41-16-24-52-26-28-53-27-25-51-23-15-36(40)45/h31,33,35,41H,4-30,40H2,1-3H3,(H,46,47)(H,48,49). The number of Topliss-reactive ketones (excluding diaryl/α,β-unsaturated/α-hetero) is 1. The second-order valence-corrected chi connectivity index (χ2v) is 14.9. The van der Waals surface area contributed by atoms with Crippen LogP contribution in [0.15, 0.2) is 11.3 Å². The number of nitrogens with zero attached hydrogens (tertiary/aromatic N) is 3. The first-order chi connectivity index (χ1) is 25.5. The number of ketones is 1. The molecule has 0 amide bonds. The molecule has 2 rings (SSSR count). The Morgan fingerprint density at radius 2 is 1.36 bits per heavy atom. The molecule has 14 heteroatoms. The van der Waals surface area contributed by atoms with E-state index in [2.05, 4.69) is 31.0 Å². The van der Waals surface area contributed by atoms with Crippen molar-refractivity contribution in [1.82, 2.24) is 20.0 Å². The molecule has 304 valence electrons. The summed E-state index contributed by atoms with van der Waals surface area (Å²) in [5.41, 5.74) is 2.77. The fourth-order valence-corrected chi connectivity index (χ4v) is 6.62. The molecule has 0 heterocycles. The van der Waals surface area contributed by atoms with E-state index in [0.717, 1.165) is 64.3 Å². The van der Waals surface area contributed by atoms with Gasteiger partial charge < -0.3 is 34.5 Å². The Balaban J connectivity index is 1.96. The number of carboxylic acids is 2. The van der Waals surface area contributed by atoms with Gasteiger partial charge in [0.1, 0.15) is 0 Å². The fourth-order valence-electron chi connectivity index (χ4n) is 6.62. The van der Waals surface area contributed by atoms with Gasteiger partial charge in [-0.3, -0.25) is 29.1 Å². The lowest BCUT2D eigenvalue weighted by Gasteiger charge is -2.37. The molecule has 0 radical (unpaired) electrons. The third-order valence-corrected chi connectivity index (χ3v) is 10.6. The summed E-state index contributed by atoms with van der Waals surface area (Å²) < 4.78 is 16.7. The van der Waals surface area contributed by atoms with Gasteiger partial charge in [0, 0.05) is 50.8 Å². The Morgan fingerprint density at radius 1 is 0.774 bits per heavy atom. The molecule has 0 aromatic heterocycles. The van der Waals surface area contributed by atoms with E-state index in [0.29, 0.717) is 103 Å². The normalized spacial score (nSPS) is 15.7. The summed E-state index contributed by atoms with van der Waals surface area (Å²) in [5, 5.41) is 22.9.